The number of Topliss-reactive ketones (excluding diaryl/α,β-unsaturated/α-hetero) is 1. The van der Waals surface area contributed by atoms with Crippen LogP contribution in [0.5, 0.6) is 0 Å². The highest BCUT2D eigenvalue weighted by Gasteiger charge is 2.32. The van der Waals surface area contributed by atoms with Gasteiger partial charge in [0.1, 0.15) is 5.78 Å². The van der Waals surface area contributed by atoms with E-state index in [0.717, 1.165) is 6.54 Å². The van der Waals surface area contributed by atoms with Gasteiger partial charge in [-0.2, -0.15) is 0 Å². The SMILES string of the molecule is CC(=O)CC(=O)NCC(C)(C)C1CCCN(C)C1. The molecule has 0 aromatic rings. The molecule has 0 bridgehead atoms. The number of amides is 1. The fourth-order valence-electron chi connectivity index (χ4n) is 2.56. The van der Waals surface area contributed by atoms with Gasteiger partial charge in [-0.25, -0.2) is 0 Å². The molecular weight excluding hydrogens is 228 g/mol. The lowest BCUT2D eigenvalue weighted by Crippen LogP contribution is -2.45. The smallest absolute Gasteiger partial charge is 0.227 e. The van der Waals surface area contributed by atoms with Crippen LogP contribution in [0.25, 0.3) is 0 Å². The molecule has 1 atom stereocenters. The van der Waals surface area contributed by atoms with Crippen LogP contribution in [0, 0.1) is 11.3 Å². The second-order valence-corrected chi connectivity index (χ2v) is 6.25. The third-order valence-corrected chi connectivity index (χ3v) is 3.88. The monoisotopic (exact) mass is 254 g/mol. The van der Waals surface area contributed by atoms with E-state index in [4.69, 9.17) is 0 Å². The van der Waals surface area contributed by atoms with Crippen LogP contribution in [0.15, 0.2) is 0 Å². The van der Waals surface area contributed by atoms with Crippen molar-refractivity contribution in [3.05, 3.63) is 0 Å². The quantitative estimate of drug-likeness (QED) is 0.755. The van der Waals surface area contributed by atoms with E-state index >= 15 is 0 Å². The number of nitrogens with zero attached hydrogens (tertiary/aromatic N) is 1. The van der Waals surface area contributed by atoms with Crippen LogP contribution in [0.3, 0.4) is 0 Å². The molecule has 1 fully saturated rings. The molecule has 1 rings (SSSR count). The van der Waals surface area contributed by atoms with E-state index in [1.54, 1.807) is 0 Å². The summed E-state index contributed by atoms with van der Waals surface area (Å²) in [5, 5.41) is 2.89. The zero-order valence-electron chi connectivity index (χ0n) is 12.1. The van der Waals surface area contributed by atoms with Gasteiger partial charge in [0.2, 0.25) is 5.91 Å². The van der Waals surface area contributed by atoms with Crippen LogP contribution in [-0.4, -0.2) is 43.3 Å². The Morgan fingerprint density at radius 3 is 2.61 bits per heavy atom. The van der Waals surface area contributed by atoms with Gasteiger partial charge in [-0.05, 0) is 44.7 Å². The highest BCUT2D eigenvalue weighted by Crippen LogP contribution is 2.32. The first kappa shape index (κ1) is 15.2. The molecule has 0 aliphatic carbocycles. The maximum absolute atomic E-state index is 11.5. The number of rotatable bonds is 5. The second-order valence-electron chi connectivity index (χ2n) is 6.25. The van der Waals surface area contributed by atoms with Crippen molar-refractivity contribution < 1.29 is 9.59 Å². The summed E-state index contributed by atoms with van der Waals surface area (Å²) in [6.07, 6.45) is 2.45. The van der Waals surface area contributed by atoms with Crippen molar-refractivity contribution in [1.82, 2.24) is 10.2 Å². The normalized spacial score (nSPS) is 21.7. The number of hydrogen-bond acceptors (Lipinski definition) is 3. The zero-order chi connectivity index (χ0) is 13.8. The Bertz CT molecular complexity index is 313. The molecule has 4 nitrogen and oxygen atoms in total. The van der Waals surface area contributed by atoms with E-state index in [0.29, 0.717) is 12.5 Å². The average molecular weight is 254 g/mol. The lowest BCUT2D eigenvalue weighted by atomic mass is 9.74. The predicted octanol–water partition coefficient (Wildman–Crippen LogP) is 1.45. The van der Waals surface area contributed by atoms with Crippen LogP contribution in [0.2, 0.25) is 0 Å². The molecular formula is C14H26N2O2. The second kappa shape index (κ2) is 6.32. The lowest BCUT2D eigenvalue weighted by molar-refractivity contribution is -0.127. The van der Waals surface area contributed by atoms with E-state index in [1.165, 1.54) is 26.3 Å². The number of likely N-dealkylation sites (tertiary alicyclic amines) is 1. The van der Waals surface area contributed by atoms with Crippen molar-refractivity contribution in [2.24, 2.45) is 11.3 Å². The molecule has 104 valence electrons. The van der Waals surface area contributed by atoms with E-state index in [1.807, 2.05) is 0 Å². The fraction of sp³-hybridized carbons (Fsp3) is 0.857. The Morgan fingerprint density at radius 1 is 1.39 bits per heavy atom. The molecule has 0 spiro atoms. The van der Waals surface area contributed by atoms with Crippen LogP contribution in [-0.2, 0) is 9.59 Å². The van der Waals surface area contributed by atoms with Gasteiger partial charge in [-0.1, -0.05) is 13.8 Å². The minimum Gasteiger partial charge on any atom is -0.355 e. The van der Waals surface area contributed by atoms with E-state index in [-0.39, 0.29) is 23.5 Å². The molecule has 1 aliphatic rings. The van der Waals surface area contributed by atoms with Gasteiger partial charge in [0.05, 0.1) is 6.42 Å². The van der Waals surface area contributed by atoms with Gasteiger partial charge in [-0.3, -0.25) is 9.59 Å². The molecule has 1 saturated heterocycles. The van der Waals surface area contributed by atoms with Gasteiger partial charge in [-0.15, -0.1) is 0 Å². The van der Waals surface area contributed by atoms with Crippen molar-refractivity contribution in [2.75, 3.05) is 26.7 Å². The molecule has 4 heteroatoms. The van der Waals surface area contributed by atoms with Crippen molar-refractivity contribution in [3.63, 3.8) is 0 Å². The summed E-state index contributed by atoms with van der Waals surface area (Å²) in [4.78, 5) is 24.7. The van der Waals surface area contributed by atoms with E-state index < -0.39 is 0 Å². The largest absolute Gasteiger partial charge is 0.355 e. The highest BCUT2D eigenvalue weighted by molar-refractivity contribution is 5.96. The first-order chi connectivity index (χ1) is 8.31. The summed E-state index contributed by atoms with van der Waals surface area (Å²) >= 11 is 0. The summed E-state index contributed by atoms with van der Waals surface area (Å²) < 4.78 is 0. The molecule has 1 N–H and O–H groups in total. The van der Waals surface area contributed by atoms with Gasteiger partial charge in [0.25, 0.3) is 0 Å². The third kappa shape index (κ3) is 4.77. The van der Waals surface area contributed by atoms with Crippen molar-refractivity contribution in [2.45, 2.75) is 40.0 Å². The standard InChI is InChI=1S/C14H26N2O2/c1-11(17)8-13(18)15-10-14(2,3)12-6-5-7-16(4)9-12/h12H,5-10H2,1-4H3,(H,15,18). The van der Waals surface area contributed by atoms with Crippen molar-refractivity contribution in [3.8, 4) is 0 Å². The minimum absolute atomic E-state index is 0.000644. The van der Waals surface area contributed by atoms with Gasteiger partial charge in [0, 0.05) is 13.1 Å². The molecule has 1 unspecified atom stereocenters. The van der Waals surface area contributed by atoms with Crippen LogP contribution >= 0.6 is 0 Å². The Morgan fingerprint density at radius 2 is 2.06 bits per heavy atom. The number of carbonyl (C=O) groups is 2. The van der Waals surface area contributed by atoms with E-state index in [2.05, 4.69) is 31.1 Å². The average Bonchev–Trinajstić information content (AvgIpc) is 2.26. The summed E-state index contributed by atoms with van der Waals surface area (Å²) in [7, 11) is 2.15. The van der Waals surface area contributed by atoms with Crippen molar-refractivity contribution in [1.29, 1.82) is 0 Å². The molecule has 1 aliphatic heterocycles. The number of nitrogens with one attached hydrogen (secondary N) is 1. The minimum atomic E-state index is -0.153. The van der Waals surface area contributed by atoms with E-state index in [9.17, 15) is 9.59 Å². The first-order valence-corrected chi connectivity index (χ1v) is 6.76. The Balaban J connectivity index is 2.43. The molecule has 0 saturated carbocycles. The topological polar surface area (TPSA) is 49.4 Å². The third-order valence-electron chi connectivity index (χ3n) is 3.88. The fourth-order valence-corrected chi connectivity index (χ4v) is 2.56. The molecule has 0 aromatic heterocycles. The number of carbonyl (C=O) groups excluding carboxylic acids is 2. The molecule has 0 aromatic carbocycles. The molecule has 18 heavy (non-hydrogen) atoms. The summed E-state index contributed by atoms with van der Waals surface area (Å²) in [6.45, 7) is 8.76. The van der Waals surface area contributed by atoms with Crippen LogP contribution in [0.4, 0.5) is 0 Å². The first-order valence-electron chi connectivity index (χ1n) is 6.76. The highest BCUT2D eigenvalue weighted by atomic mass is 16.2. The number of piperidine rings is 1. The number of ketones is 1. The summed E-state index contributed by atoms with van der Waals surface area (Å²) in [5.74, 6) is 0.372. The van der Waals surface area contributed by atoms with Crippen LogP contribution in [0.1, 0.15) is 40.0 Å². The maximum Gasteiger partial charge on any atom is 0.227 e. The van der Waals surface area contributed by atoms with Crippen molar-refractivity contribution >= 4 is 11.7 Å². The number of hydrogen-bond donors (Lipinski definition) is 1. The van der Waals surface area contributed by atoms with Crippen LogP contribution < -0.4 is 5.32 Å². The Hall–Kier alpha value is -0.900. The predicted molar refractivity (Wildman–Crippen MR) is 72.3 cm³/mol. The molecule has 1 amide bonds. The summed E-state index contributed by atoms with van der Waals surface area (Å²) in [5.41, 5.74) is 0.0845. The Kier molecular flexibility index (Phi) is 5.32. The maximum atomic E-state index is 11.5. The van der Waals surface area contributed by atoms with Gasteiger partial charge in [0.15, 0.2) is 0 Å². The van der Waals surface area contributed by atoms with Gasteiger partial charge < -0.3 is 10.2 Å². The lowest BCUT2D eigenvalue weighted by Gasteiger charge is -2.40. The summed E-state index contributed by atoms with van der Waals surface area (Å²) in [6, 6.07) is 0. The van der Waals surface area contributed by atoms with Gasteiger partial charge >= 0.3 is 0 Å². The molecule has 1 heterocycles. The zero-order valence-corrected chi connectivity index (χ0v) is 12.1. The molecule has 0 radical (unpaired) electrons. The Labute approximate surface area is 110 Å².